The smallest absolute Gasteiger partial charge is 0.286 e. The van der Waals surface area contributed by atoms with Crippen LogP contribution in [0.3, 0.4) is 0 Å². The fraction of sp³-hybridized carbons (Fsp3) is 0.111. The Morgan fingerprint density at radius 2 is 1.93 bits per heavy atom. The van der Waals surface area contributed by atoms with E-state index in [1.54, 1.807) is 24.3 Å². The van der Waals surface area contributed by atoms with E-state index in [1.165, 1.54) is 0 Å². The number of nitrogens with zero attached hydrogens (tertiary/aromatic N) is 1. The molecule has 0 unspecified atom stereocenters. The van der Waals surface area contributed by atoms with E-state index in [0.29, 0.717) is 10.8 Å². The Balaban J connectivity index is 2.47. The van der Waals surface area contributed by atoms with E-state index in [0.717, 1.165) is 0 Å². The zero-order valence-electron chi connectivity index (χ0n) is 7.81. The van der Waals surface area contributed by atoms with Crippen LogP contribution in [-0.4, -0.2) is 18.5 Å². The van der Waals surface area contributed by atoms with Crippen molar-refractivity contribution in [2.45, 2.75) is 0 Å². The third kappa shape index (κ3) is 4.33. The summed E-state index contributed by atoms with van der Waals surface area (Å²) in [6, 6.07) is 6.60. The van der Waals surface area contributed by atoms with Crippen LogP contribution in [0.25, 0.3) is 0 Å². The number of rotatable bonds is 3. The molecule has 6 heteroatoms. The third-order valence-electron chi connectivity index (χ3n) is 1.43. The minimum Gasteiger partial charge on any atom is -0.484 e. The first kappa shape index (κ1) is 11.3. The van der Waals surface area contributed by atoms with Gasteiger partial charge in [-0.25, -0.2) is 0 Å². The van der Waals surface area contributed by atoms with Gasteiger partial charge >= 0.3 is 0 Å². The van der Waals surface area contributed by atoms with Gasteiger partial charge in [0.25, 0.3) is 5.91 Å². The van der Waals surface area contributed by atoms with Gasteiger partial charge in [-0.3, -0.25) is 4.79 Å². The van der Waals surface area contributed by atoms with Gasteiger partial charge in [-0.15, -0.1) is 0 Å². The first-order chi connectivity index (χ1) is 7.08. The Hall–Kier alpha value is -1.75. The van der Waals surface area contributed by atoms with E-state index in [-0.39, 0.29) is 12.6 Å². The summed E-state index contributed by atoms with van der Waals surface area (Å²) in [6.45, 7) is -0.209. The number of amides is 1. The highest BCUT2D eigenvalue weighted by atomic mass is 35.5. The Labute approximate surface area is 91.7 Å². The van der Waals surface area contributed by atoms with Gasteiger partial charge in [0.2, 0.25) is 0 Å². The highest BCUT2D eigenvalue weighted by Crippen LogP contribution is 2.15. The Morgan fingerprint density at radius 1 is 1.33 bits per heavy atom. The summed E-state index contributed by atoms with van der Waals surface area (Å²) in [5, 5.41) is 0.595. The Bertz CT molecular complexity index is 371. The van der Waals surface area contributed by atoms with Crippen molar-refractivity contribution in [2.75, 3.05) is 6.61 Å². The summed E-state index contributed by atoms with van der Waals surface area (Å²) in [5.41, 5.74) is 10.0. The van der Waals surface area contributed by atoms with E-state index in [4.69, 9.17) is 27.8 Å². The summed E-state index contributed by atoms with van der Waals surface area (Å²) in [6.07, 6.45) is 0. The molecule has 0 aliphatic carbocycles. The number of halogens is 1. The average Bonchev–Trinajstić information content (AvgIpc) is 2.16. The van der Waals surface area contributed by atoms with Crippen molar-refractivity contribution in [1.82, 2.24) is 0 Å². The normalized spacial score (nSPS) is 9.40. The monoisotopic (exact) mass is 227 g/mol. The molecule has 0 saturated carbocycles. The number of aliphatic imine (C=N–C) groups is 1. The molecule has 0 aliphatic heterocycles. The van der Waals surface area contributed by atoms with Gasteiger partial charge in [0.05, 0.1) is 0 Å². The highest BCUT2D eigenvalue weighted by molar-refractivity contribution is 6.30. The minimum absolute atomic E-state index is 0.209. The quantitative estimate of drug-likeness (QED) is 0.582. The Kier molecular flexibility index (Phi) is 3.93. The largest absolute Gasteiger partial charge is 0.484 e. The molecule has 0 aliphatic rings. The lowest BCUT2D eigenvalue weighted by Crippen LogP contribution is -2.25. The molecule has 1 aromatic carbocycles. The second kappa shape index (κ2) is 5.21. The molecular formula is C9H10ClN3O2. The van der Waals surface area contributed by atoms with Crippen LogP contribution in [0, 0.1) is 0 Å². The average molecular weight is 228 g/mol. The number of carbonyl (C=O) groups excluding carboxylic acids is 1. The van der Waals surface area contributed by atoms with Crippen LogP contribution in [0.1, 0.15) is 0 Å². The van der Waals surface area contributed by atoms with Crippen LogP contribution in [0.4, 0.5) is 0 Å². The first-order valence-electron chi connectivity index (χ1n) is 4.09. The molecule has 0 heterocycles. The van der Waals surface area contributed by atoms with Gasteiger partial charge in [0.15, 0.2) is 12.6 Å². The predicted octanol–water partition coefficient (Wildman–Crippen LogP) is 0.519. The van der Waals surface area contributed by atoms with Crippen LogP contribution < -0.4 is 16.2 Å². The molecule has 15 heavy (non-hydrogen) atoms. The van der Waals surface area contributed by atoms with Crippen LogP contribution in [0.15, 0.2) is 29.3 Å². The second-order valence-electron chi connectivity index (χ2n) is 2.67. The lowest BCUT2D eigenvalue weighted by Gasteiger charge is -2.02. The number of hydrogen-bond donors (Lipinski definition) is 2. The van der Waals surface area contributed by atoms with E-state index in [2.05, 4.69) is 4.99 Å². The van der Waals surface area contributed by atoms with Crippen molar-refractivity contribution in [2.24, 2.45) is 16.5 Å². The molecule has 1 rings (SSSR count). The van der Waals surface area contributed by atoms with Crippen molar-refractivity contribution in [3.8, 4) is 5.75 Å². The number of ether oxygens (including phenoxy) is 1. The molecule has 0 aromatic heterocycles. The Morgan fingerprint density at radius 3 is 2.47 bits per heavy atom. The molecule has 1 aromatic rings. The number of benzene rings is 1. The van der Waals surface area contributed by atoms with Gasteiger partial charge in [0.1, 0.15) is 5.75 Å². The minimum atomic E-state index is -0.537. The molecule has 0 fully saturated rings. The molecular weight excluding hydrogens is 218 g/mol. The van der Waals surface area contributed by atoms with Gasteiger partial charge in [-0.2, -0.15) is 4.99 Å². The highest BCUT2D eigenvalue weighted by Gasteiger charge is 2.01. The van der Waals surface area contributed by atoms with Crippen LogP contribution in [-0.2, 0) is 4.79 Å². The third-order valence-corrected chi connectivity index (χ3v) is 1.68. The summed E-state index contributed by atoms with van der Waals surface area (Å²) in [5.74, 6) is -0.289. The van der Waals surface area contributed by atoms with Gasteiger partial charge in [-0.05, 0) is 24.3 Å². The van der Waals surface area contributed by atoms with Crippen LogP contribution >= 0.6 is 11.6 Å². The number of hydrogen-bond acceptors (Lipinski definition) is 2. The maximum atomic E-state index is 11.0. The molecule has 0 bridgehead atoms. The molecule has 0 atom stereocenters. The fourth-order valence-electron chi connectivity index (χ4n) is 0.852. The van der Waals surface area contributed by atoms with Crippen molar-refractivity contribution < 1.29 is 9.53 Å². The lowest BCUT2D eigenvalue weighted by molar-refractivity contribution is -0.119. The summed E-state index contributed by atoms with van der Waals surface area (Å²) in [4.78, 5) is 14.3. The zero-order valence-corrected chi connectivity index (χ0v) is 8.57. The summed E-state index contributed by atoms with van der Waals surface area (Å²) >= 11 is 5.67. The molecule has 5 nitrogen and oxygen atoms in total. The maximum absolute atomic E-state index is 11.0. The molecule has 4 N–H and O–H groups in total. The van der Waals surface area contributed by atoms with E-state index < -0.39 is 5.91 Å². The molecule has 0 radical (unpaired) electrons. The second-order valence-corrected chi connectivity index (χ2v) is 3.11. The van der Waals surface area contributed by atoms with Gasteiger partial charge < -0.3 is 16.2 Å². The molecule has 1 amide bonds. The van der Waals surface area contributed by atoms with Gasteiger partial charge in [-0.1, -0.05) is 11.6 Å². The molecule has 0 spiro atoms. The summed E-state index contributed by atoms with van der Waals surface area (Å²) in [7, 11) is 0. The SMILES string of the molecule is NC(N)=NC(=O)COc1ccc(Cl)cc1. The number of carbonyl (C=O) groups is 1. The first-order valence-corrected chi connectivity index (χ1v) is 4.46. The molecule has 0 saturated heterocycles. The molecule has 80 valence electrons. The van der Waals surface area contributed by atoms with Crippen molar-refractivity contribution >= 4 is 23.5 Å². The summed E-state index contributed by atoms with van der Waals surface area (Å²) < 4.78 is 5.10. The van der Waals surface area contributed by atoms with E-state index in [9.17, 15) is 4.79 Å². The van der Waals surface area contributed by atoms with E-state index in [1.807, 2.05) is 0 Å². The van der Waals surface area contributed by atoms with Crippen molar-refractivity contribution in [3.05, 3.63) is 29.3 Å². The van der Waals surface area contributed by atoms with Crippen molar-refractivity contribution in [3.63, 3.8) is 0 Å². The predicted molar refractivity (Wildman–Crippen MR) is 57.8 cm³/mol. The number of guanidine groups is 1. The van der Waals surface area contributed by atoms with E-state index >= 15 is 0 Å². The van der Waals surface area contributed by atoms with Crippen LogP contribution in [0.5, 0.6) is 5.75 Å². The topological polar surface area (TPSA) is 90.7 Å². The van der Waals surface area contributed by atoms with Crippen molar-refractivity contribution in [1.29, 1.82) is 0 Å². The zero-order chi connectivity index (χ0) is 11.3. The lowest BCUT2D eigenvalue weighted by atomic mass is 10.3. The van der Waals surface area contributed by atoms with Gasteiger partial charge in [0, 0.05) is 5.02 Å². The number of nitrogens with two attached hydrogens (primary N) is 2. The fourth-order valence-corrected chi connectivity index (χ4v) is 0.978. The van der Waals surface area contributed by atoms with Crippen LogP contribution in [0.2, 0.25) is 5.02 Å². The maximum Gasteiger partial charge on any atom is 0.286 e. The standard InChI is InChI=1S/C9H10ClN3O2/c10-6-1-3-7(4-2-6)15-5-8(14)13-9(11)12/h1-4H,5H2,(H4,11,12,13,14).